The first-order chi connectivity index (χ1) is 9.10. The summed E-state index contributed by atoms with van der Waals surface area (Å²) in [5.74, 6) is -0.427. The monoisotopic (exact) mass is 342 g/mol. The molecule has 0 aliphatic heterocycles. The van der Waals surface area contributed by atoms with Crippen molar-refractivity contribution < 1.29 is 9.50 Å². The molecule has 0 aliphatic rings. The average molecular weight is 344 g/mol. The summed E-state index contributed by atoms with van der Waals surface area (Å²) in [6.45, 7) is -0.0458. The minimum absolute atomic E-state index is 0.0458. The average Bonchev–Trinajstić information content (AvgIpc) is 2.38. The lowest BCUT2D eigenvalue weighted by Crippen LogP contribution is -2.09. The molecule has 0 radical (unpaired) electrons. The van der Waals surface area contributed by atoms with E-state index < -0.39 is 0 Å². The summed E-state index contributed by atoms with van der Waals surface area (Å²) in [6.07, 6.45) is 0.440. The topological polar surface area (TPSA) is 20.2 Å². The minimum atomic E-state index is -0.269. The highest BCUT2D eigenvalue weighted by Crippen LogP contribution is 2.25. The van der Waals surface area contributed by atoms with Crippen LogP contribution < -0.4 is 0 Å². The van der Waals surface area contributed by atoms with Crippen LogP contribution in [0.4, 0.5) is 4.39 Å². The molecule has 1 nitrogen and oxygen atoms in total. The Morgan fingerprint density at radius 3 is 2.63 bits per heavy atom. The molecule has 2 aromatic rings. The second kappa shape index (κ2) is 6.51. The summed E-state index contributed by atoms with van der Waals surface area (Å²) in [4.78, 5) is 0. The van der Waals surface area contributed by atoms with Crippen LogP contribution in [0.5, 0.6) is 0 Å². The molecule has 4 heteroatoms. The van der Waals surface area contributed by atoms with Crippen molar-refractivity contribution in [2.75, 3.05) is 6.61 Å². The number of hydrogen-bond donors (Lipinski definition) is 1. The Hall–Kier alpha value is -0.900. The van der Waals surface area contributed by atoms with E-state index in [1.165, 1.54) is 6.07 Å². The van der Waals surface area contributed by atoms with Crippen molar-refractivity contribution in [3.05, 3.63) is 68.9 Å². The molecule has 0 spiro atoms. The predicted molar refractivity (Wildman–Crippen MR) is 79.1 cm³/mol. The van der Waals surface area contributed by atoms with E-state index in [0.717, 1.165) is 5.56 Å². The molecule has 100 valence electrons. The molecule has 1 unspecified atom stereocenters. The standard InChI is InChI=1S/C15H13BrClFO/c16-13-5-4-11(15(18)8-13)6-12(9-19)10-2-1-3-14(17)7-10/h1-5,7-8,12,19H,6,9H2. The molecular weight excluding hydrogens is 331 g/mol. The van der Waals surface area contributed by atoms with Gasteiger partial charge in [-0.05, 0) is 41.8 Å². The minimum Gasteiger partial charge on any atom is -0.396 e. The molecule has 0 saturated carbocycles. The summed E-state index contributed by atoms with van der Waals surface area (Å²) in [5.41, 5.74) is 1.50. The summed E-state index contributed by atoms with van der Waals surface area (Å²) in [5, 5.41) is 10.1. The third kappa shape index (κ3) is 3.78. The molecule has 0 aromatic heterocycles. The Labute approximate surface area is 125 Å². The Morgan fingerprint density at radius 2 is 2.00 bits per heavy atom. The fraction of sp³-hybridized carbons (Fsp3) is 0.200. The van der Waals surface area contributed by atoms with E-state index in [1.54, 1.807) is 24.3 Å². The van der Waals surface area contributed by atoms with Gasteiger partial charge in [-0.15, -0.1) is 0 Å². The van der Waals surface area contributed by atoms with Crippen molar-refractivity contribution in [2.24, 2.45) is 0 Å². The number of benzene rings is 2. The van der Waals surface area contributed by atoms with Gasteiger partial charge in [0.05, 0.1) is 6.61 Å². The number of rotatable bonds is 4. The molecule has 2 rings (SSSR count). The summed E-state index contributed by atoms with van der Waals surface area (Å²) >= 11 is 9.17. The van der Waals surface area contributed by atoms with Crippen molar-refractivity contribution in [2.45, 2.75) is 12.3 Å². The van der Waals surface area contributed by atoms with Crippen molar-refractivity contribution in [3.63, 3.8) is 0 Å². The van der Waals surface area contributed by atoms with Crippen molar-refractivity contribution >= 4 is 27.5 Å². The van der Waals surface area contributed by atoms with Crippen molar-refractivity contribution in [1.82, 2.24) is 0 Å². The molecule has 0 fully saturated rings. The third-order valence-electron chi connectivity index (χ3n) is 3.02. The SMILES string of the molecule is OCC(Cc1ccc(Br)cc1F)c1cccc(Cl)c1. The van der Waals surface area contributed by atoms with Gasteiger partial charge in [0.15, 0.2) is 0 Å². The van der Waals surface area contributed by atoms with Gasteiger partial charge < -0.3 is 5.11 Å². The highest BCUT2D eigenvalue weighted by Gasteiger charge is 2.14. The third-order valence-corrected chi connectivity index (χ3v) is 3.75. The Morgan fingerprint density at radius 1 is 1.21 bits per heavy atom. The van der Waals surface area contributed by atoms with Gasteiger partial charge in [-0.2, -0.15) is 0 Å². The van der Waals surface area contributed by atoms with E-state index in [9.17, 15) is 9.50 Å². The molecule has 0 bridgehead atoms. The molecule has 19 heavy (non-hydrogen) atoms. The Kier molecular flexibility index (Phi) is 4.97. The first-order valence-electron chi connectivity index (χ1n) is 5.90. The molecule has 0 saturated heterocycles. The smallest absolute Gasteiger partial charge is 0.127 e. The van der Waals surface area contributed by atoms with E-state index in [4.69, 9.17) is 11.6 Å². The number of hydrogen-bond acceptors (Lipinski definition) is 1. The van der Waals surface area contributed by atoms with Gasteiger partial charge in [0, 0.05) is 15.4 Å². The Balaban J connectivity index is 2.24. The molecule has 0 heterocycles. The molecule has 0 aliphatic carbocycles. The van der Waals surface area contributed by atoms with E-state index in [0.29, 0.717) is 21.5 Å². The number of halogens is 3. The van der Waals surface area contributed by atoms with E-state index in [-0.39, 0.29) is 18.3 Å². The van der Waals surface area contributed by atoms with Gasteiger partial charge in [-0.25, -0.2) is 4.39 Å². The Bertz CT molecular complexity index is 574. The van der Waals surface area contributed by atoms with E-state index >= 15 is 0 Å². The quantitative estimate of drug-likeness (QED) is 0.863. The zero-order valence-corrected chi connectivity index (χ0v) is 12.5. The lowest BCUT2D eigenvalue weighted by molar-refractivity contribution is 0.263. The summed E-state index contributed by atoms with van der Waals surface area (Å²) in [7, 11) is 0. The van der Waals surface area contributed by atoms with Gasteiger partial charge in [0.25, 0.3) is 0 Å². The van der Waals surface area contributed by atoms with Crippen LogP contribution in [-0.4, -0.2) is 11.7 Å². The first kappa shape index (κ1) is 14.5. The van der Waals surface area contributed by atoms with Crippen LogP contribution in [0.15, 0.2) is 46.9 Å². The normalized spacial score (nSPS) is 12.4. The lowest BCUT2D eigenvalue weighted by atomic mass is 9.92. The number of aliphatic hydroxyl groups is 1. The zero-order chi connectivity index (χ0) is 13.8. The van der Waals surface area contributed by atoms with Gasteiger partial charge in [0.1, 0.15) is 5.82 Å². The highest BCUT2D eigenvalue weighted by molar-refractivity contribution is 9.10. The predicted octanol–water partition coefficient (Wildman–Crippen LogP) is 4.56. The van der Waals surface area contributed by atoms with Crippen molar-refractivity contribution in [3.8, 4) is 0 Å². The van der Waals surface area contributed by atoms with Crippen LogP contribution in [0.25, 0.3) is 0 Å². The molecule has 2 aromatic carbocycles. The van der Waals surface area contributed by atoms with Crippen LogP contribution >= 0.6 is 27.5 Å². The summed E-state index contributed by atoms with van der Waals surface area (Å²) < 4.78 is 14.5. The first-order valence-corrected chi connectivity index (χ1v) is 7.07. The molecular formula is C15H13BrClFO. The lowest BCUT2D eigenvalue weighted by Gasteiger charge is -2.15. The second-order valence-corrected chi connectivity index (χ2v) is 5.73. The summed E-state index contributed by atoms with van der Waals surface area (Å²) in [6, 6.07) is 12.3. The maximum Gasteiger partial charge on any atom is 0.127 e. The van der Waals surface area contributed by atoms with Crippen molar-refractivity contribution in [1.29, 1.82) is 0 Å². The largest absolute Gasteiger partial charge is 0.396 e. The fourth-order valence-electron chi connectivity index (χ4n) is 2.00. The fourth-order valence-corrected chi connectivity index (χ4v) is 2.53. The van der Waals surface area contributed by atoms with Crippen LogP contribution in [-0.2, 0) is 6.42 Å². The maximum absolute atomic E-state index is 13.8. The molecule has 1 atom stereocenters. The van der Waals surface area contributed by atoms with E-state index in [2.05, 4.69) is 15.9 Å². The highest BCUT2D eigenvalue weighted by atomic mass is 79.9. The molecule has 1 N–H and O–H groups in total. The van der Waals surface area contributed by atoms with Gasteiger partial charge >= 0.3 is 0 Å². The van der Waals surface area contributed by atoms with Gasteiger partial charge in [0.2, 0.25) is 0 Å². The second-order valence-electron chi connectivity index (χ2n) is 4.37. The van der Waals surface area contributed by atoms with Crippen LogP contribution in [0.3, 0.4) is 0 Å². The van der Waals surface area contributed by atoms with Crippen LogP contribution in [0.1, 0.15) is 17.0 Å². The van der Waals surface area contributed by atoms with Gasteiger partial charge in [-0.3, -0.25) is 0 Å². The number of aliphatic hydroxyl groups excluding tert-OH is 1. The zero-order valence-electron chi connectivity index (χ0n) is 10.1. The maximum atomic E-state index is 13.8. The molecule has 0 amide bonds. The van der Waals surface area contributed by atoms with Gasteiger partial charge in [-0.1, -0.05) is 45.7 Å². The van der Waals surface area contributed by atoms with Crippen LogP contribution in [0, 0.1) is 5.82 Å². The van der Waals surface area contributed by atoms with E-state index in [1.807, 2.05) is 12.1 Å². The van der Waals surface area contributed by atoms with Crippen LogP contribution in [0.2, 0.25) is 5.02 Å².